The number of hydrogen-bond donors (Lipinski definition) is 1. The molecule has 6 heteroatoms. The fourth-order valence-corrected chi connectivity index (χ4v) is 2.38. The zero-order chi connectivity index (χ0) is 14.5. The van der Waals surface area contributed by atoms with Crippen molar-refractivity contribution in [2.24, 2.45) is 0 Å². The summed E-state index contributed by atoms with van der Waals surface area (Å²) in [6.07, 6.45) is 0.671. The molecule has 0 spiro atoms. The highest BCUT2D eigenvalue weighted by Crippen LogP contribution is 2.18. The van der Waals surface area contributed by atoms with E-state index in [2.05, 4.69) is 29.4 Å². The number of nitrogens with zero attached hydrogens (tertiary/aromatic N) is 2. The Balaban J connectivity index is 1.84. The van der Waals surface area contributed by atoms with E-state index >= 15 is 0 Å². The summed E-state index contributed by atoms with van der Waals surface area (Å²) < 4.78 is 5.69. The van der Waals surface area contributed by atoms with Crippen LogP contribution < -0.4 is 10.1 Å². The van der Waals surface area contributed by atoms with Crippen molar-refractivity contribution in [3.05, 3.63) is 34.3 Å². The smallest absolute Gasteiger partial charge is 0.223 e. The van der Waals surface area contributed by atoms with Crippen LogP contribution >= 0.6 is 11.3 Å². The second-order valence-electron chi connectivity index (χ2n) is 4.53. The van der Waals surface area contributed by atoms with Crippen LogP contribution in [-0.4, -0.2) is 22.7 Å². The Bertz CT molecular complexity index is 610. The normalized spacial score (nSPS) is 10.3. The number of anilines is 1. The lowest BCUT2D eigenvalue weighted by atomic mass is 10.1. The number of benzene rings is 1. The number of hydrogen-bond acceptors (Lipinski definition) is 5. The van der Waals surface area contributed by atoms with Crippen molar-refractivity contribution < 1.29 is 9.53 Å². The molecule has 1 heterocycles. The van der Waals surface area contributed by atoms with Crippen LogP contribution in [0.1, 0.15) is 23.1 Å². The predicted octanol–water partition coefficient (Wildman–Crippen LogP) is 2.73. The van der Waals surface area contributed by atoms with E-state index < -0.39 is 0 Å². The highest BCUT2D eigenvalue weighted by atomic mass is 32.1. The molecule has 1 amide bonds. The standard InChI is InChI=1S/C14H17N3O2S/c1-9-4-5-12(8-10(9)2)19-7-6-13-16-17-14(20-13)15-11(3)18/h4-5,8H,6-7H2,1-3H3,(H,15,17,18). The number of rotatable bonds is 5. The van der Waals surface area contributed by atoms with Gasteiger partial charge >= 0.3 is 0 Å². The Hall–Kier alpha value is -1.95. The van der Waals surface area contributed by atoms with Crippen LogP contribution in [0.4, 0.5) is 5.13 Å². The second kappa shape index (κ2) is 6.47. The molecule has 0 fully saturated rings. The van der Waals surface area contributed by atoms with Gasteiger partial charge in [0.05, 0.1) is 6.61 Å². The number of nitrogens with one attached hydrogen (secondary N) is 1. The van der Waals surface area contributed by atoms with Gasteiger partial charge in [0.25, 0.3) is 0 Å². The van der Waals surface area contributed by atoms with Crippen LogP contribution in [0.2, 0.25) is 0 Å². The van der Waals surface area contributed by atoms with Gasteiger partial charge in [-0.3, -0.25) is 4.79 Å². The molecule has 1 aromatic carbocycles. The minimum atomic E-state index is -0.140. The van der Waals surface area contributed by atoms with Gasteiger partial charge in [-0.05, 0) is 37.1 Å². The van der Waals surface area contributed by atoms with Gasteiger partial charge in [0, 0.05) is 13.3 Å². The molecule has 1 aromatic heterocycles. The molecule has 0 aliphatic heterocycles. The summed E-state index contributed by atoms with van der Waals surface area (Å²) in [6.45, 7) is 6.12. The maximum Gasteiger partial charge on any atom is 0.223 e. The van der Waals surface area contributed by atoms with E-state index in [4.69, 9.17) is 4.74 Å². The number of carbonyl (C=O) groups is 1. The fourth-order valence-electron chi connectivity index (χ4n) is 1.62. The summed E-state index contributed by atoms with van der Waals surface area (Å²) in [5, 5.41) is 11.9. The van der Waals surface area contributed by atoms with Crippen LogP contribution in [0.3, 0.4) is 0 Å². The molecule has 2 rings (SSSR count). The minimum Gasteiger partial charge on any atom is -0.493 e. The van der Waals surface area contributed by atoms with Gasteiger partial charge in [0.15, 0.2) is 0 Å². The van der Waals surface area contributed by atoms with Crippen molar-refractivity contribution in [1.29, 1.82) is 0 Å². The van der Waals surface area contributed by atoms with E-state index in [0.29, 0.717) is 18.2 Å². The third-order valence-corrected chi connectivity index (χ3v) is 3.71. The zero-order valence-corrected chi connectivity index (χ0v) is 12.6. The SMILES string of the molecule is CC(=O)Nc1nnc(CCOc2ccc(C)c(C)c2)s1. The van der Waals surface area contributed by atoms with Crippen LogP contribution in [-0.2, 0) is 11.2 Å². The third kappa shape index (κ3) is 4.03. The molecular formula is C14H17N3O2S. The highest BCUT2D eigenvalue weighted by Gasteiger charge is 2.05. The van der Waals surface area contributed by atoms with E-state index in [1.807, 2.05) is 18.2 Å². The van der Waals surface area contributed by atoms with Gasteiger partial charge in [-0.1, -0.05) is 17.4 Å². The maximum absolute atomic E-state index is 10.9. The molecular weight excluding hydrogens is 274 g/mol. The van der Waals surface area contributed by atoms with E-state index in [1.54, 1.807) is 0 Å². The molecule has 106 valence electrons. The Morgan fingerprint density at radius 2 is 2.10 bits per heavy atom. The summed E-state index contributed by atoms with van der Waals surface area (Å²) in [4.78, 5) is 10.9. The largest absolute Gasteiger partial charge is 0.493 e. The quantitative estimate of drug-likeness (QED) is 0.920. The lowest BCUT2D eigenvalue weighted by Crippen LogP contribution is -2.04. The van der Waals surface area contributed by atoms with Gasteiger partial charge in [0.2, 0.25) is 11.0 Å². The van der Waals surface area contributed by atoms with Gasteiger partial charge in [-0.15, -0.1) is 10.2 Å². The maximum atomic E-state index is 10.9. The van der Waals surface area contributed by atoms with Crippen molar-refractivity contribution in [2.75, 3.05) is 11.9 Å². The Labute approximate surface area is 122 Å². The van der Waals surface area contributed by atoms with Gasteiger partial charge in [0.1, 0.15) is 10.8 Å². The lowest BCUT2D eigenvalue weighted by Gasteiger charge is -2.07. The minimum absolute atomic E-state index is 0.140. The number of amides is 1. The van der Waals surface area contributed by atoms with Crippen molar-refractivity contribution in [1.82, 2.24) is 10.2 Å². The van der Waals surface area contributed by atoms with Crippen LogP contribution in [0.15, 0.2) is 18.2 Å². The van der Waals surface area contributed by atoms with Crippen molar-refractivity contribution >= 4 is 22.4 Å². The number of aryl methyl sites for hydroxylation is 2. The Kier molecular flexibility index (Phi) is 4.68. The van der Waals surface area contributed by atoms with Crippen molar-refractivity contribution in [3.8, 4) is 5.75 Å². The van der Waals surface area contributed by atoms with E-state index in [-0.39, 0.29) is 5.91 Å². The summed E-state index contributed by atoms with van der Waals surface area (Å²) >= 11 is 1.37. The summed E-state index contributed by atoms with van der Waals surface area (Å²) in [6, 6.07) is 6.04. The van der Waals surface area contributed by atoms with Crippen LogP contribution in [0.25, 0.3) is 0 Å². The van der Waals surface area contributed by atoms with E-state index in [0.717, 1.165) is 10.8 Å². The topological polar surface area (TPSA) is 64.1 Å². The molecule has 0 aliphatic rings. The first kappa shape index (κ1) is 14.5. The summed E-state index contributed by atoms with van der Waals surface area (Å²) in [7, 11) is 0. The monoisotopic (exact) mass is 291 g/mol. The fraction of sp³-hybridized carbons (Fsp3) is 0.357. The van der Waals surface area contributed by atoms with Crippen LogP contribution in [0, 0.1) is 13.8 Å². The van der Waals surface area contributed by atoms with Gasteiger partial charge < -0.3 is 10.1 Å². The first-order chi connectivity index (χ1) is 9.54. The number of ether oxygens (including phenoxy) is 1. The number of aromatic nitrogens is 2. The average Bonchev–Trinajstić information content (AvgIpc) is 2.80. The molecule has 0 unspecified atom stereocenters. The molecule has 2 aromatic rings. The average molecular weight is 291 g/mol. The van der Waals surface area contributed by atoms with Gasteiger partial charge in [-0.2, -0.15) is 0 Å². The molecule has 20 heavy (non-hydrogen) atoms. The lowest BCUT2D eigenvalue weighted by molar-refractivity contribution is -0.114. The van der Waals surface area contributed by atoms with Crippen LogP contribution in [0.5, 0.6) is 5.75 Å². The van der Waals surface area contributed by atoms with Crippen molar-refractivity contribution in [3.63, 3.8) is 0 Å². The second-order valence-corrected chi connectivity index (χ2v) is 5.59. The Morgan fingerprint density at radius 1 is 1.30 bits per heavy atom. The summed E-state index contributed by atoms with van der Waals surface area (Å²) in [5.74, 6) is 0.721. The van der Waals surface area contributed by atoms with Crippen molar-refractivity contribution in [2.45, 2.75) is 27.2 Å². The third-order valence-electron chi connectivity index (χ3n) is 2.81. The first-order valence-corrected chi connectivity index (χ1v) is 7.16. The Morgan fingerprint density at radius 3 is 2.80 bits per heavy atom. The molecule has 0 saturated heterocycles. The molecule has 1 N–H and O–H groups in total. The summed E-state index contributed by atoms with van der Waals surface area (Å²) in [5.41, 5.74) is 2.47. The zero-order valence-electron chi connectivity index (χ0n) is 11.8. The predicted molar refractivity (Wildman–Crippen MR) is 79.3 cm³/mol. The molecule has 0 bridgehead atoms. The number of carbonyl (C=O) groups excluding carboxylic acids is 1. The van der Waals surface area contributed by atoms with Gasteiger partial charge in [-0.25, -0.2) is 0 Å². The van der Waals surface area contributed by atoms with E-state index in [9.17, 15) is 4.79 Å². The molecule has 0 saturated carbocycles. The molecule has 0 radical (unpaired) electrons. The molecule has 0 aliphatic carbocycles. The molecule has 0 atom stereocenters. The van der Waals surface area contributed by atoms with E-state index in [1.165, 1.54) is 29.4 Å². The highest BCUT2D eigenvalue weighted by molar-refractivity contribution is 7.15. The first-order valence-electron chi connectivity index (χ1n) is 6.34. The molecule has 5 nitrogen and oxygen atoms in total.